The fourth-order valence-corrected chi connectivity index (χ4v) is 3.00. The predicted molar refractivity (Wildman–Crippen MR) is 86.0 cm³/mol. The van der Waals surface area contributed by atoms with Gasteiger partial charge in [0, 0.05) is 24.2 Å². The van der Waals surface area contributed by atoms with Crippen molar-refractivity contribution in [2.75, 3.05) is 32.8 Å². The highest BCUT2D eigenvalue weighted by Gasteiger charge is 2.23. The van der Waals surface area contributed by atoms with Gasteiger partial charge in [-0.1, -0.05) is 6.07 Å². The van der Waals surface area contributed by atoms with E-state index in [-0.39, 0.29) is 0 Å². The van der Waals surface area contributed by atoms with Gasteiger partial charge in [0.1, 0.15) is 11.5 Å². The zero-order valence-corrected chi connectivity index (χ0v) is 13.5. The molecule has 0 aliphatic carbocycles. The van der Waals surface area contributed by atoms with Gasteiger partial charge in [-0.2, -0.15) is 0 Å². The number of benzene rings is 1. The normalized spacial score (nSPS) is 19.0. The summed E-state index contributed by atoms with van der Waals surface area (Å²) in [5.41, 5.74) is 8.12. The minimum absolute atomic E-state index is 0.643. The molecular weight excluding hydrogens is 264 g/mol. The van der Waals surface area contributed by atoms with Crippen LogP contribution in [0.15, 0.2) is 12.1 Å². The van der Waals surface area contributed by atoms with Crippen LogP contribution in [0.5, 0.6) is 11.5 Å². The maximum Gasteiger partial charge on any atom is 0.130 e. The van der Waals surface area contributed by atoms with Gasteiger partial charge in [0.2, 0.25) is 0 Å². The number of ether oxygens (including phenoxy) is 2. The second-order valence-corrected chi connectivity index (χ2v) is 5.67. The molecule has 4 heteroatoms. The Labute approximate surface area is 128 Å². The lowest BCUT2D eigenvalue weighted by Gasteiger charge is -2.21. The molecule has 21 heavy (non-hydrogen) atoms. The Morgan fingerprint density at radius 3 is 2.62 bits per heavy atom. The summed E-state index contributed by atoms with van der Waals surface area (Å²) in [5.74, 6) is 2.55. The molecule has 0 saturated carbocycles. The van der Waals surface area contributed by atoms with E-state index < -0.39 is 0 Å². The Hall–Kier alpha value is -1.26. The monoisotopic (exact) mass is 292 g/mol. The molecule has 1 aliphatic rings. The van der Waals surface area contributed by atoms with Gasteiger partial charge < -0.3 is 15.2 Å². The summed E-state index contributed by atoms with van der Waals surface area (Å²) in [6.45, 7) is 11.4. The topological polar surface area (TPSA) is 47.7 Å². The molecule has 1 fully saturated rings. The van der Waals surface area contributed by atoms with Crippen molar-refractivity contribution in [3.05, 3.63) is 23.3 Å². The summed E-state index contributed by atoms with van der Waals surface area (Å²) in [4.78, 5) is 2.47. The Bertz CT molecular complexity index is 462. The van der Waals surface area contributed by atoms with Crippen LogP contribution < -0.4 is 15.2 Å². The van der Waals surface area contributed by atoms with Crippen molar-refractivity contribution in [3.8, 4) is 11.5 Å². The van der Waals surface area contributed by atoms with E-state index in [4.69, 9.17) is 15.2 Å². The zero-order chi connectivity index (χ0) is 15.2. The molecular formula is C17H28N2O2. The fourth-order valence-electron chi connectivity index (χ4n) is 3.00. The first-order chi connectivity index (χ1) is 10.2. The van der Waals surface area contributed by atoms with Crippen LogP contribution in [0.25, 0.3) is 0 Å². The molecule has 1 heterocycles. The standard InChI is InChI=1S/C17H28N2O2/c1-4-20-16-7-6-15(17(13(16)3)21-5-2)12-19-9-8-14(10-18)11-19/h6-7,14H,4-5,8-12,18H2,1-3H3/t14-/m0/s1. The van der Waals surface area contributed by atoms with E-state index in [9.17, 15) is 0 Å². The molecule has 1 aromatic rings. The molecule has 0 amide bonds. The summed E-state index contributed by atoms with van der Waals surface area (Å²) in [6.07, 6.45) is 1.20. The second-order valence-electron chi connectivity index (χ2n) is 5.67. The van der Waals surface area contributed by atoms with Crippen molar-refractivity contribution in [2.24, 2.45) is 11.7 Å². The van der Waals surface area contributed by atoms with E-state index in [1.807, 2.05) is 13.8 Å². The molecule has 1 saturated heterocycles. The Morgan fingerprint density at radius 2 is 2.00 bits per heavy atom. The molecule has 1 aliphatic heterocycles. The average Bonchev–Trinajstić information content (AvgIpc) is 2.93. The zero-order valence-electron chi connectivity index (χ0n) is 13.5. The fraction of sp³-hybridized carbons (Fsp3) is 0.647. The molecule has 0 aromatic heterocycles. The lowest BCUT2D eigenvalue weighted by Crippen LogP contribution is -2.23. The first-order valence-electron chi connectivity index (χ1n) is 8.00. The highest BCUT2D eigenvalue weighted by atomic mass is 16.5. The summed E-state index contributed by atoms with van der Waals surface area (Å²) in [7, 11) is 0. The maximum atomic E-state index is 5.89. The SMILES string of the molecule is CCOc1ccc(CN2CC[C@@H](CN)C2)c(OCC)c1C. The van der Waals surface area contributed by atoms with Gasteiger partial charge in [-0.05, 0) is 52.3 Å². The van der Waals surface area contributed by atoms with Gasteiger partial charge in [0.15, 0.2) is 0 Å². The Kier molecular flexibility index (Phi) is 5.88. The minimum Gasteiger partial charge on any atom is -0.493 e. The third-order valence-electron chi connectivity index (χ3n) is 4.12. The third-order valence-corrected chi connectivity index (χ3v) is 4.12. The molecule has 0 radical (unpaired) electrons. The van der Waals surface area contributed by atoms with E-state index >= 15 is 0 Å². The van der Waals surface area contributed by atoms with E-state index in [2.05, 4.69) is 24.0 Å². The lowest BCUT2D eigenvalue weighted by atomic mass is 10.1. The number of hydrogen-bond donors (Lipinski definition) is 1. The van der Waals surface area contributed by atoms with E-state index in [1.165, 1.54) is 12.0 Å². The largest absolute Gasteiger partial charge is 0.493 e. The number of hydrogen-bond acceptors (Lipinski definition) is 4. The van der Waals surface area contributed by atoms with Crippen LogP contribution in [-0.2, 0) is 6.54 Å². The number of nitrogens with zero attached hydrogens (tertiary/aromatic N) is 1. The summed E-state index contributed by atoms with van der Waals surface area (Å²) >= 11 is 0. The third kappa shape index (κ3) is 3.89. The molecule has 0 bridgehead atoms. The van der Waals surface area contributed by atoms with Crippen LogP contribution >= 0.6 is 0 Å². The van der Waals surface area contributed by atoms with E-state index in [1.54, 1.807) is 0 Å². The first-order valence-corrected chi connectivity index (χ1v) is 8.00. The van der Waals surface area contributed by atoms with Gasteiger partial charge in [-0.25, -0.2) is 0 Å². The van der Waals surface area contributed by atoms with Crippen LogP contribution in [0, 0.1) is 12.8 Å². The van der Waals surface area contributed by atoms with Crippen molar-refractivity contribution < 1.29 is 9.47 Å². The van der Waals surface area contributed by atoms with Crippen LogP contribution in [0.2, 0.25) is 0 Å². The highest BCUT2D eigenvalue weighted by Crippen LogP contribution is 2.33. The molecule has 1 atom stereocenters. The molecule has 2 N–H and O–H groups in total. The van der Waals surface area contributed by atoms with Gasteiger partial charge in [0.05, 0.1) is 13.2 Å². The van der Waals surface area contributed by atoms with Gasteiger partial charge in [-0.15, -0.1) is 0 Å². The van der Waals surface area contributed by atoms with Crippen LogP contribution in [0.4, 0.5) is 0 Å². The summed E-state index contributed by atoms with van der Waals surface area (Å²) in [5, 5.41) is 0. The Morgan fingerprint density at radius 1 is 1.24 bits per heavy atom. The van der Waals surface area contributed by atoms with Gasteiger partial charge in [0.25, 0.3) is 0 Å². The van der Waals surface area contributed by atoms with Crippen molar-refractivity contribution in [2.45, 2.75) is 33.7 Å². The van der Waals surface area contributed by atoms with Crippen LogP contribution in [-0.4, -0.2) is 37.7 Å². The molecule has 4 nitrogen and oxygen atoms in total. The number of rotatable bonds is 7. The molecule has 1 aromatic carbocycles. The van der Waals surface area contributed by atoms with Crippen molar-refractivity contribution in [1.82, 2.24) is 4.90 Å². The van der Waals surface area contributed by atoms with E-state index in [0.29, 0.717) is 19.1 Å². The van der Waals surface area contributed by atoms with Crippen LogP contribution in [0.1, 0.15) is 31.4 Å². The highest BCUT2D eigenvalue weighted by molar-refractivity contribution is 5.49. The number of likely N-dealkylation sites (tertiary alicyclic amines) is 1. The minimum atomic E-state index is 0.643. The molecule has 0 unspecified atom stereocenters. The summed E-state index contributed by atoms with van der Waals surface area (Å²) < 4.78 is 11.6. The van der Waals surface area contributed by atoms with Crippen molar-refractivity contribution >= 4 is 0 Å². The van der Waals surface area contributed by atoms with Crippen LogP contribution in [0.3, 0.4) is 0 Å². The summed E-state index contributed by atoms with van der Waals surface area (Å²) in [6, 6.07) is 4.20. The number of nitrogens with two attached hydrogens (primary N) is 1. The predicted octanol–water partition coefficient (Wildman–Crippen LogP) is 2.57. The van der Waals surface area contributed by atoms with Gasteiger partial charge >= 0.3 is 0 Å². The smallest absolute Gasteiger partial charge is 0.130 e. The van der Waals surface area contributed by atoms with Gasteiger partial charge in [-0.3, -0.25) is 4.90 Å². The molecule has 0 spiro atoms. The van der Waals surface area contributed by atoms with Crippen molar-refractivity contribution in [3.63, 3.8) is 0 Å². The maximum absolute atomic E-state index is 5.89. The first kappa shape index (κ1) is 16.1. The lowest BCUT2D eigenvalue weighted by molar-refractivity contribution is 0.291. The average molecular weight is 292 g/mol. The van der Waals surface area contributed by atoms with E-state index in [0.717, 1.165) is 43.2 Å². The quantitative estimate of drug-likeness (QED) is 0.839. The Balaban J connectivity index is 2.16. The molecule has 2 rings (SSSR count). The molecule has 118 valence electrons. The van der Waals surface area contributed by atoms with Crippen molar-refractivity contribution in [1.29, 1.82) is 0 Å². The second kappa shape index (κ2) is 7.66.